The first-order valence-corrected chi connectivity index (χ1v) is 6.53. The zero-order valence-corrected chi connectivity index (χ0v) is 10.9. The molecule has 2 fully saturated rings. The Hall–Kier alpha value is -1.75. The number of carbonyl (C=O) groups is 1. The van der Waals surface area contributed by atoms with Crippen LogP contribution >= 0.6 is 0 Å². The second-order valence-corrected chi connectivity index (χ2v) is 5.40. The number of carbonyl (C=O) groups excluding carboxylic acids is 1. The van der Waals surface area contributed by atoms with Gasteiger partial charge in [0, 0.05) is 11.8 Å². The zero-order chi connectivity index (χ0) is 13.5. The third-order valence-corrected chi connectivity index (χ3v) is 3.87. The summed E-state index contributed by atoms with van der Waals surface area (Å²) in [5.41, 5.74) is 0.0670. The van der Waals surface area contributed by atoms with Crippen molar-refractivity contribution in [3.05, 3.63) is 24.3 Å². The fourth-order valence-corrected chi connectivity index (χ4v) is 2.54. The summed E-state index contributed by atoms with van der Waals surface area (Å²) in [6.07, 6.45) is 2.17. The Labute approximate surface area is 112 Å². The van der Waals surface area contributed by atoms with E-state index in [-0.39, 0.29) is 6.03 Å². The summed E-state index contributed by atoms with van der Waals surface area (Å²) in [5, 5.41) is 13.0. The van der Waals surface area contributed by atoms with Gasteiger partial charge in [-0.1, -0.05) is 6.07 Å². The molecule has 5 nitrogen and oxygen atoms in total. The van der Waals surface area contributed by atoms with Crippen molar-refractivity contribution in [2.24, 2.45) is 5.92 Å². The molecule has 102 valence electrons. The Kier molecular flexibility index (Phi) is 2.86. The topological polar surface area (TPSA) is 61.8 Å². The molecule has 1 aliphatic carbocycles. The van der Waals surface area contributed by atoms with Crippen LogP contribution in [-0.4, -0.2) is 41.8 Å². The minimum atomic E-state index is -0.633. The highest BCUT2D eigenvalue weighted by Gasteiger charge is 2.53. The number of ether oxygens (including phenoxy) is 1. The molecule has 1 aromatic carbocycles. The van der Waals surface area contributed by atoms with Crippen LogP contribution in [0.4, 0.5) is 10.5 Å². The maximum absolute atomic E-state index is 12.0. The number of β-amino-alcohol motifs (C(OH)–C–C–N with tert-alkyl or cyclic N) is 1. The van der Waals surface area contributed by atoms with Crippen molar-refractivity contribution in [2.75, 3.05) is 25.5 Å². The predicted molar refractivity (Wildman–Crippen MR) is 71.3 cm³/mol. The number of urea groups is 1. The quantitative estimate of drug-likeness (QED) is 0.871. The molecule has 2 amide bonds. The van der Waals surface area contributed by atoms with E-state index in [0.29, 0.717) is 30.4 Å². The molecule has 1 aromatic rings. The van der Waals surface area contributed by atoms with Crippen LogP contribution in [0.2, 0.25) is 0 Å². The normalized spacial score (nSPS) is 20.6. The van der Waals surface area contributed by atoms with Crippen LogP contribution in [0.1, 0.15) is 12.8 Å². The highest BCUT2D eigenvalue weighted by atomic mass is 16.5. The summed E-state index contributed by atoms with van der Waals surface area (Å²) in [5.74, 6) is 1.10. The van der Waals surface area contributed by atoms with Gasteiger partial charge < -0.3 is 20.1 Å². The average molecular weight is 262 g/mol. The summed E-state index contributed by atoms with van der Waals surface area (Å²) in [4.78, 5) is 13.6. The van der Waals surface area contributed by atoms with Crippen LogP contribution < -0.4 is 10.1 Å². The largest absolute Gasteiger partial charge is 0.497 e. The van der Waals surface area contributed by atoms with E-state index in [1.165, 1.54) is 0 Å². The number of anilines is 1. The molecule has 3 rings (SSSR count). The third kappa shape index (κ3) is 2.38. The molecule has 0 aromatic heterocycles. The Bertz CT molecular complexity index is 493. The lowest BCUT2D eigenvalue weighted by Crippen LogP contribution is -2.65. The molecule has 5 heteroatoms. The third-order valence-electron chi connectivity index (χ3n) is 3.87. The van der Waals surface area contributed by atoms with E-state index in [2.05, 4.69) is 5.32 Å². The minimum Gasteiger partial charge on any atom is -0.497 e. The lowest BCUT2D eigenvalue weighted by atomic mass is 9.89. The Morgan fingerprint density at radius 1 is 1.47 bits per heavy atom. The summed E-state index contributed by atoms with van der Waals surface area (Å²) in [6, 6.07) is 7.06. The summed E-state index contributed by atoms with van der Waals surface area (Å²) >= 11 is 0. The number of hydrogen-bond acceptors (Lipinski definition) is 3. The number of rotatable bonds is 3. The van der Waals surface area contributed by atoms with Crippen molar-refractivity contribution in [1.82, 2.24) is 4.90 Å². The predicted octanol–water partition coefficient (Wildman–Crippen LogP) is 1.68. The number of nitrogens with zero attached hydrogens (tertiary/aromatic N) is 1. The molecule has 1 heterocycles. The molecular formula is C14H18N2O3. The van der Waals surface area contributed by atoms with Gasteiger partial charge in [0.15, 0.2) is 0 Å². The van der Waals surface area contributed by atoms with E-state index in [1.807, 2.05) is 18.2 Å². The molecule has 2 N–H and O–H groups in total. The first-order valence-electron chi connectivity index (χ1n) is 6.53. The molecule has 1 aliphatic heterocycles. The molecule has 2 aliphatic rings. The standard InChI is InChI=1S/C14H18N2O3/c1-19-12-4-2-3-11(7-12)15-13(17)16-8-14(18,9-16)10-5-6-10/h2-4,7,10,18H,5-6,8-9H2,1H3,(H,15,17). The highest BCUT2D eigenvalue weighted by molar-refractivity contribution is 5.90. The lowest BCUT2D eigenvalue weighted by molar-refractivity contribution is -0.0897. The van der Waals surface area contributed by atoms with Gasteiger partial charge >= 0.3 is 6.03 Å². The summed E-state index contributed by atoms with van der Waals surface area (Å²) in [6.45, 7) is 0.876. The number of amides is 2. The molecule has 0 radical (unpaired) electrons. The molecule has 1 saturated carbocycles. The maximum atomic E-state index is 12.0. The van der Waals surface area contributed by atoms with Gasteiger partial charge in [-0.3, -0.25) is 0 Å². The second kappa shape index (κ2) is 4.42. The van der Waals surface area contributed by atoms with Crippen LogP contribution in [0.15, 0.2) is 24.3 Å². The number of nitrogens with one attached hydrogen (secondary N) is 1. The number of hydrogen-bond donors (Lipinski definition) is 2. The minimum absolute atomic E-state index is 0.168. The van der Waals surface area contributed by atoms with Crippen molar-refractivity contribution >= 4 is 11.7 Å². The number of likely N-dealkylation sites (tertiary alicyclic amines) is 1. The van der Waals surface area contributed by atoms with Gasteiger partial charge in [0.05, 0.1) is 20.2 Å². The van der Waals surface area contributed by atoms with E-state index in [4.69, 9.17) is 4.74 Å². The van der Waals surface area contributed by atoms with E-state index < -0.39 is 5.60 Å². The van der Waals surface area contributed by atoms with Gasteiger partial charge in [-0.15, -0.1) is 0 Å². The molecule has 1 saturated heterocycles. The second-order valence-electron chi connectivity index (χ2n) is 5.40. The molecule has 0 spiro atoms. The van der Waals surface area contributed by atoms with Gasteiger partial charge in [-0.2, -0.15) is 0 Å². The summed E-state index contributed by atoms with van der Waals surface area (Å²) in [7, 11) is 1.59. The monoisotopic (exact) mass is 262 g/mol. The Balaban J connectivity index is 1.57. The molecule has 19 heavy (non-hydrogen) atoms. The average Bonchev–Trinajstić information content (AvgIpc) is 3.19. The number of aliphatic hydroxyl groups is 1. The van der Waals surface area contributed by atoms with Gasteiger partial charge in [0.25, 0.3) is 0 Å². The van der Waals surface area contributed by atoms with E-state index in [9.17, 15) is 9.90 Å². The van der Waals surface area contributed by atoms with Crippen molar-refractivity contribution in [1.29, 1.82) is 0 Å². The van der Waals surface area contributed by atoms with Crippen LogP contribution in [0.5, 0.6) is 5.75 Å². The van der Waals surface area contributed by atoms with E-state index in [0.717, 1.165) is 12.8 Å². The molecule has 0 unspecified atom stereocenters. The van der Waals surface area contributed by atoms with Crippen molar-refractivity contribution in [2.45, 2.75) is 18.4 Å². The number of benzene rings is 1. The van der Waals surface area contributed by atoms with Crippen LogP contribution in [-0.2, 0) is 0 Å². The SMILES string of the molecule is COc1cccc(NC(=O)N2CC(O)(C3CC3)C2)c1. The summed E-state index contributed by atoms with van der Waals surface area (Å²) < 4.78 is 5.11. The first-order chi connectivity index (χ1) is 9.10. The van der Waals surface area contributed by atoms with Crippen molar-refractivity contribution in [3.63, 3.8) is 0 Å². The fourth-order valence-electron chi connectivity index (χ4n) is 2.54. The Morgan fingerprint density at radius 3 is 2.84 bits per heavy atom. The molecule has 0 atom stereocenters. The lowest BCUT2D eigenvalue weighted by Gasteiger charge is -2.46. The first kappa shape index (κ1) is 12.3. The smallest absolute Gasteiger partial charge is 0.322 e. The van der Waals surface area contributed by atoms with Gasteiger partial charge in [0.1, 0.15) is 11.4 Å². The number of methoxy groups -OCH3 is 1. The zero-order valence-electron chi connectivity index (χ0n) is 10.9. The van der Waals surface area contributed by atoms with Gasteiger partial charge in [-0.05, 0) is 30.9 Å². The van der Waals surface area contributed by atoms with Crippen LogP contribution in [0.3, 0.4) is 0 Å². The molecule has 0 bridgehead atoms. The Morgan fingerprint density at radius 2 is 2.21 bits per heavy atom. The van der Waals surface area contributed by atoms with Crippen molar-refractivity contribution in [3.8, 4) is 5.75 Å². The van der Waals surface area contributed by atoms with E-state index >= 15 is 0 Å². The van der Waals surface area contributed by atoms with E-state index in [1.54, 1.807) is 18.1 Å². The maximum Gasteiger partial charge on any atom is 0.322 e. The van der Waals surface area contributed by atoms with Crippen LogP contribution in [0.25, 0.3) is 0 Å². The molecular weight excluding hydrogens is 244 g/mol. The highest BCUT2D eigenvalue weighted by Crippen LogP contribution is 2.44. The van der Waals surface area contributed by atoms with Crippen molar-refractivity contribution < 1.29 is 14.6 Å². The van der Waals surface area contributed by atoms with Gasteiger partial charge in [0.2, 0.25) is 0 Å². The fraction of sp³-hybridized carbons (Fsp3) is 0.500. The van der Waals surface area contributed by atoms with Crippen LogP contribution in [0, 0.1) is 5.92 Å². The van der Waals surface area contributed by atoms with Gasteiger partial charge in [-0.25, -0.2) is 4.79 Å².